The summed E-state index contributed by atoms with van der Waals surface area (Å²) in [6, 6.07) is 2.15. The van der Waals surface area contributed by atoms with E-state index >= 15 is 0 Å². The SMILES string of the molecule is CCN(CC)CCN1C(=O)C(=O)c2c(C(F)(F)F)ccc(I)c21. The third kappa shape index (κ3) is 3.37. The van der Waals surface area contributed by atoms with E-state index in [4.69, 9.17) is 0 Å². The molecule has 0 saturated heterocycles. The first-order valence-corrected chi connectivity index (χ1v) is 8.28. The summed E-state index contributed by atoms with van der Waals surface area (Å²) in [4.78, 5) is 27.5. The summed E-state index contributed by atoms with van der Waals surface area (Å²) < 4.78 is 39.9. The molecule has 23 heavy (non-hydrogen) atoms. The highest BCUT2D eigenvalue weighted by Crippen LogP contribution is 2.42. The first-order valence-electron chi connectivity index (χ1n) is 7.20. The average molecular weight is 440 g/mol. The fraction of sp³-hybridized carbons (Fsp3) is 0.467. The molecule has 0 saturated carbocycles. The zero-order valence-corrected chi connectivity index (χ0v) is 14.9. The largest absolute Gasteiger partial charge is 0.417 e. The van der Waals surface area contributed by atoms with Crippen molar-refractivity contribution in [3.63, 3.8) is 0 Å². The number of ketones is 1. The van der Waals surface area contributed by atoms with E-state index in [-0.39, 0.29) is 12.2 Å². The van der Waals surface area contributed by atoms with Crippen LogP contribution in [0.4, 0.5) is 18.9 Å². The van der Waals surface area contributed by atoms with Crippen LogP contribution in [0.1, 0.15) is 29.8 Å². The van der Waals surface area contributed by atoms with Gasteiger partial charge < -0.3 is 9.80 Å². The van der Waals surface area contributed by atoms with Crippen molar-refractivity contribution in [3.8, 4) is 0 Å². The van der Waals surface area contributed by atoms with Gasteiger partial charge in [-0.05, 0) is 47.8 Å². The van der Waals surface area contributed by atoms with Crippen LogP contribution in [-0.2, 0) is 11.0 Å². The predicted molar refractivity (Wildman–Crippen MR) is 88.6 cm³/mol. The summed E-state index contributed by atoms with van der Waals surface area (Å²) in [5.41, 5.74) is -1.48. The predicted octanol–water partition coefficient (Wildman–Crippen LogP) is 3.18. The number of likely N-dealkylation sites (N-methyl/N-ethyl adjacent to an activating group) is 1. The molecular formula is C15H16F3IN2O2. The number of carbonyl (C=O) groups excluding carboxylic acids is 2. The van der Waals surface area contributed by atoms with E-state index in [0.717, 1.165) is 19.2 Å². The minimum atomic E-state index is -4.67. The van der Waals surface area contributed by atoms with Crippen molar-refractivity contribution in [2.75, 3.05) is 31.1 Å². The molecule has 0 radical (unpaired) electrons. The molecule has 2 rings (SSSR count). The zero-order chi connectivity index (χ0) is 17.4. The first kappa shape index (κ1) is 18.2. The lowest BCUT2D eigenvalue weighted by atomic mass is 10.0. The van der Waals surface area contributed by atoms with Crippen LogP contribution in [0.25, 0.3) is 0 Å². The molecule has 0 atom stereocenters. The summed E-state index contributed by atoms with van der Waals surface area (Å²) in [6.07, 6.45) is -4.67. The van der Waals surface area contributed by atoms with Crippen LogP contribution in [0.15, 0.2) is 12.1 Å². The summed E-state index contributed by atoms with van der Waals surface area (Å²) >= 11 is 1.85. The minimum absolute atomic E-state index is 0.0857. The molecule has 0 fully saturated rings. The molecular weight excluding hydrogens is 424 g/mol. The van der Waals surface area contributed by atoms with Crippen LogP contribution >= 0.6 is 22.6 Å². The van der Waals surface area contributed by atoms with Gasteiger partial charge in [-0.3, -0.25) is 9.59 Å². The van der Waals surface area contributed by atoms with Gasteiger partial charge >= 0.3 is 6.18 Å². The zero-order valence-electron chi connectivity index (χ0n) is 12.7. The lowest BCUT2D eigenvalue weighted by Crippen LogP contribution is -2.38. The normalized spacial score (nSPS) is 14.8. The molecule has 1 aliphatic heterocycles. The molecule has 4 nitrogen and oxygen atoms in total. The molecule has 0 aliphatic carbocycles. The molecule has 8 heteroatoms. The Hall–Kier alpha value is -1.16. The van der Waals surface area contributed by atoms with Crippen molar-refractivity contribution >= 4 is 40.0 Å². The van der Waals surface area contributed by atoms with Gasteiger partial charge in [0.15, 0.2) is 0 Å². The highest BCUT2D eigenvalue weighted by molar-refractivity contribution is 14.1. The van der Waals surface area contributed by atoms with Crippen LogP contribution in [0.3, 0.4) is 0 Å². The van der Waals surface area contributed by atoms with E-state index in [2.05, 4.69) is 0 Å². The van der Waals surface area contributed by atoms with Gasteiger partial charge in [0, 0.05) is 16.7 Å². The van der Waals surface area contributed by atoms with Gasteiger partial charge in [-0.15, -0.1) is 0 Å². The second-order valence-electron chi connectivity index (χ2n) is 5.13. The van der Waals surface area contributed by atoms with Crippen LogP contribution in [0.2, 0.25) is 0 Å². The Morgan fingerprint density at radius 1 is 1.17 bits per heavy atom. The van der Waals surface area contributed by atoms with Crippen molar-refractivity contribution < 1.29 is 22.8 Å². The van der Waals surface area contributed by atoms with E-state index in [9.17, 15) is 22.8 Å². The Balaban J connectivity index is 2.45. The number of benzene rings is 1. The summed E-state index contributed by atoms with van der Waals surface area (Å²) in [5.74, 6) is -1.97. The highest BCUT2D eigenvalue weighted by Gasteiger charge is 2.45. The average Bonchev–Trinajstić information content (AvgIpc) is 2.73. The Morgan fingerprint density at radius 2 is 1.78 bits per heavy atom. The van der Waals surface area contributed by atoms with Gasteiger partial charge in [-0.1, -0.05) is 13.8 Å². The smallest absolute Gasteiger partial charge is 0.302 e. The van der Waals surface area contributed by atoms with E-state index in [1.807, 2.05) is 41.3 Å². The topological polar surface area (TPSA) is 40.6 Å². The lowest BCUT2D eigenvalue weighted by molar-refractivity contribution is -0.137. The quantitative estimate of drug-likeness (QED) is 0.522. The number of hydrogen-bond donors (Lipinski definition) is 0. The van der Waals surface area contributed by atoms with Crippen molar-refractivity contribution in [3.05, 3.63) is 26.8 Å². The number of alkyl halides is 3. The number of Topliss-reactive ketones (excluding diaryl/α,β-unsaturated/α-hetero) is 1. The standard InChI is InChI=1S/C15H16F3IN2O2/c1-3-20(4-2)7-8-21-12-10(19)6-5-9(15(16,17)18)11(12)13(22)14(21)23/h5-6H,3-4,7-8H2,1-2H3. The molecule has 1 amide bonds. The first-order chi connectivity index (χ1) is 10.7. The van der Waals surface area contributed by atoms with Crippen molar-refractivity contribution in [1.29, 1.82) is 0 Å². The number of nitrogens with zero attached hydrogens (tertiary/aromatic N) is 2. The number of anilines is 1. The minimum Gasteiger partial charge on any atom is -0.302 e. The summed E-state index contributed by atoms with van der Waals surface area (Å²) in [5, 5.41) is 0. The molecule has 0 N–H and O–H groups in total. The van der Waals surface area contributed by atoms with Crippen molar-refractivity contribution in [2.24, 2.45) is 0 Å². The maximum Gasteiger partial charge on any atom is 0.417 e. The van der Waals surface area contributed by atoms with Gasteiger partial charge in [0.05, 0.1) is 16.8 Å². The molecule has 1 heterocycles. The summed E-state index contributed by atoms with van der Waals surface area (Å²) in [6.45, 7) is 6.13. The number of rotatable bonds is 5. The molecule has 0 aromatic heterocycles. The number of halogens is 4. The van der Waals surface area contributed by atoms with E-state index < -0.39 is 29.0 Å². The Labute approximate surface area is 145 Å². The number of hydrogen-bond acceptors (Lipinski definition) is 3. The molecule has 0 bridgehead atoms. The number of fused-ring (bicyclic) bond motifs is 1. The fourth-order valence-corrected chi connectivity index (χ4v) is 3.36. The summed E-state index contributed by atoms with van der Waals surface area (Å²) in [7, 11) is 0. The van der Waals surface area contributed by atoms with Gasteiger partial charge in [0.1, 0.15) is 0 Å². The Bertz CT molecular complexity index is 642. The molecule has 1 aromatic carbocycles. The van der Waals surface area contributed by atoms with E-state index in [1.54, 1.807) is 0 Å². The van der Waals surface area contributed by atoms with Gasteiger partial charge in [0.2, 0.25) is 0 Å². The molecule has 126 valence electrons. The van der Waals surface area contributed by atoms with Gasteiger partial charge in [-0.2, -0.15) is 13.2 Å². The Kier molecular flexibility index (Phi) is 5.34. The molecule has 0 spiro atoms. The third-order valence-electron chi connectivity index (χ3n) is 3.90. The third-order valence-corrected chi connectivity index (χ3v) is 4.78. The number of carbonyl (C=O) groups is 2. The molecule has 0 unspecified atom stereocenters. The molecule has 1 aliphatic rings. The van der Waals surface area contributed by atoms with Crippen LogP contribution in [0.5, 0.6) is 0 Å². The fourth-order valence-electron chi connectivity index (χ4n) is 2.62. The lowest BCUT2D eigenvalue weighted by Gasteiger charge is -2.24. The van der Waals surface area contributed by atoms with Crippen LogP contribution < -0.4 is 4.90 Å². The van der Waals surface area contributed by atoms with Crippen molar-refractivity contribution in [1.82, 2.24) is 4.90 Å². The monoisotopic (exact) mass is 440 g/mol. The van der Waals surface area contributed by atoms with E-state index in [0.29, 0.717) is 10.1 Å². The second kappa shape index (κ2) is 6.76. The van der Waals surface area contributed by atoms with Crippen LogP contribution in [-0.4, -0.2) is 42.8 Å². The maximum absolute atomic E-state index is 13.1. The maximum atomic E-state index is 13.1. The van der Waals surface area contributed by atoms with E-state index in [1.165, 1.54) is 11.0 Å². The van der Waals surface area contributed by atoms with Crippen LogP contribution in [0, 0.1) is 3.57 Å². The molecule has 1 aromatic rings. The highest BCUT2D eigenvalue weighted by atomic mass is 127. The van der Waals surface area contributed by atoms with Crippen molar-refractivity contribution in [2.45, 2.75) is 20.0 Å². The van der Waals surface area contributed by atoms with Gasteiger partial charge in [-0.25, -0.2) is 0 Å². The second-order valence-corrected chi connectivity index (χ2v) is 6.29. The van der Waals surface area contributed by atoms with Gasteiger partial charge in [0.25, 0.3) is 11.7 Å². The number of amides is 1. The Morgan fingerprint density at radius 3 is 2.30 bits per heavy atom.